The molecule has 0 unspecified atom stereocenters. The van der Waals surface area contributed by atoms with Crippen molar-refractivity contribution in [2.24, 2.45) is 0 Å². The quantitative estimate of drug-likeness (QED) is 0.528. The number of aryl methyl sites for hydroxylation is 1. The first-order valence-corrected chi connectivity index (χ1v) is 8.66. The lowest BCUT2D eigenvalue weighted by molar-refractivity contribution is -0.143. The van der Waals surface area contributed by atoms with Gasteiger partial charge in [-0.05, 0) is 54.0 Å². The summed E-state index contributed by atoms with van der Waals surface area (Å²) in [6, 6.07) is 10.5. The number of hydrogen-bond donors (Lipinski definition) is 1. The average Bonchev–Trinajstić information content (AvgIpc) is 2.58. The van der Waals surface area contributed by atoms with E-state index >= 15 is 0 Å². The monoisotopic (exact) mass is 406 g/mol. The van der Waals surface area contributed by atoms with Gasteiger partial charge in [0.1, 0.15) is 17.2 Å². The summed E-state index contributed by atoms with van der Waals surface area (Å²) in [5.41, 5.74) is 1.20. The molecule has 6 heteroatoms. The fourth-order valence-corrected chi connectivity index (χ4v) is 2.61. The molecule has 0 aromatic heterocycles. The maximum Gasteiger partial charge on any atom is 0.306 e. The van der Waals surface area contributed by atoms with Gasteiger partial charge in [-0.2, -0.15) is 0 Å². The number of ketones is 1. The minimum atomic E-state index is -0.443. The van der Waals surface area contributed by atoms with Crippen LogP contribution in [0.25, 0.3) is 0 Å². The molecule has 0 radical (unpaired) electrons. The van der Waals surface area contributed by atoms with E-state index in [1.54, 1.807) is 13.0 Å². The Bertz CT molecular complexity index is 768. The Hall–Kier alpha value is -2.34. The molecule has 1 N–H and O–H groups in total. The summed E-state index contributed by atoms with van der Waals surface area (Å²) in [6.45, 7) is 3.94. The highest BCUT2D eigenvalue weighted by molar-refractivity contribution is 9.10. The Morgan fingerprint density at radius 1 is 1.08 bits per heavy atom. The molecule has 132 valence electrons. The number of Topliss-reactive ketones (excluding diaryl/α,β-unsaturated/α-hetero) is 1. The van der Waals surface area contributed by atoms with Crippen molar-refractivity contribution in [3.63, 3.8) is 0 Å². The molecule has 0 saturated heterocycles. The van der Waals surface area contributed by atoms with Crippen molar-refractivity contribution >= 4 is 27.7 Å². The fraction of sp³-hybridized carbons (Fsp3) is 0.263. The minimum absolute atomic E-state index is 0.0349. The van der Waals surface area contributed by atoms with Crippen LogP contribution in [0.5, 0.6) is 17.2 Å². The Morgan fingerprint density at radius 2 is 1.76 bits per heavy atom. The van der Waals surface area contributed by atoms with Gasteiger partial charge in [0.25, 0.3) is 0 Å². The topological polar surface area (TPSA) is 72.8 Å². The number of carbonyl (C=O) groups is 2. The molecular formula is C19H19BrO5. The van der Waals surface area contributed by atoms with Crippen LogP contribution in [0.4, 0.5) is 0 Å². The van der Waals surface area contributed by atoms with Crippen LogP contribution < -0.4 is 4.74 Å². The molecule has 2 aromatic rings. The van der Waals surface area contributed by atoms with E-state index in [9.17, 15) is 14.7 Å². The second-order valence-corrected chi connectivity index (χ2v) is 6.30. The minimum Gasteiger partial charge on any atom is -0.506 e. The predicted molar refractivity (Wildman–Crippen MR) is 97.3 cm³/mol. The second kappa shape index (κ2) is 8.67. The van der Waals surface area contributed by atoms with Crippen LogP contribution in [-0.4, -0.2) is 23.5 Å². The summed E-state index contributed by atoms with van der Waals surface area (Å²) < 4.78 is 10.9. The molecule has 0 aliphatic heterocycles. The number of aromatic hydroxyl groups is 1. The molecule has 0 spiro atoms. The third kappa shape index (κ3) is 5.32. The zero-order chi connectivity index (χ0) is 18.4. The molecule has 2 aromatic carbocycles. The van der Waals surface area contributed by atoms with E-state index in [0.29, 0.717) is 16.0 Å². The van der Waals surface area contributed by atoms with Crippen molar-refractivity contribution in [3.05, 3.63) is 52.0 Å². The highest BCUT2D eigenvalue weighted by atomic mass is 79.9. The third-order valence-corrected chi connectivity index (χ3v) is 4.06. The van der Waals surface area contributed by atoms with E-state index in [-0.39, 0.29) is 36.5 Å². The maximum absolute atomic E-state index is 12.3. The van der Waals surface area contributed by atoms with Gasteiger partial charge < -0.3 is 14.6 Å². The van der Waals surface area contributed by atoms with Crippen LogP contribution in [0.2, 0.25) is 0 Å². The van der Waals surface area contributed by atoms with E-state index in [2.05, 4.69) is 15.9 Å². The van der Waals surface area contributed by atoms with Gasteiger partial charge in [-0.15, -0.1) is 0 Å². The summed E-state index contributed by atoms with van der Waals surface area (Å²) in [4.78, 5) is 23.7. The standard InChI is InChI=1S/C19H19BrO5/c1-3-24-18(22)9-8-17(21)15-10-14(11-16(20)19(15)23)25-13-6-4-12(2)5-7-13/h4-7,10-11,23H,3,8-9H2,1-2H3. The van der Waals surface area contributed by atoms with Crippen molar-refractivity contribution < 1.29 is 24.2 Å². The summed E-state index contributed by atoms with van der Waals surface area (Å²) in [5, 5.41) is 10.1. The summed E-state index contributed by atoms with van der Waals surface area (Å²) >= 11 is 3.22. The molecular weight excluding hydrogens is 388 g/mol. The molecule has 0 amide bonds. The van der Waals surface area contributed by atoms with E-state index in [4.69, 9.17) is 9.47 Å². The number of phenolic OH excluding ortho intramolecular Hbond substituents is 1. The van der Waals surface area contributed by atoms with E-state index in [0.717, 1.165) is 5.56 Å². The van der Waals surface area contributed by atoms with Crippen molar-refractivity contribution in [2.45, 2.75) is 26.7 Å². The maximum atomic E-state index is 12.3. The predicted octanol–water partition coefficient (Wildman–Crippen LogP) is 4.78. The zero-order valence-electron chi connectivity index (χ0n) is 14.0. The van der Waals surface area contributed by atoms with Gasteiger partial charge >= 0.3 is 5.97 Å². The number of esters is 1. The molecule has 0 aliphatic rings. The molecule has 25 heavy (non-hydrogen) atoms. The lowest BCUT2D eigenvalue weighted by atomic mass is 10.1. The van der Waals surface area contributed by atoms with Gasteiger partial charge in [0.2, 0.25) is 0 Å². The Kier molecular flexibility index (Phi) is 6.58. The lowest BCUT2D eigenvalue weighted by Gasteiger charge is -2.11. The Balaban J connectivity index is 2.17. The zero-order valence-corrected chi connectivity index (χ0v) is 15.6. The number of carbonyl (C=O) groups excluding carboxylic acids is 2. The highest BCUT2D eigenvalue weighted by Gasteiger charge is 2.18. The first kappa shape index (κ1) is 19.0. The first-order chi connectivity index (χ1) is 11.9. The first-order valence-electron chi connectivity index (χ1n) is 7.86. The van der Waals surface area contributed by atoms with Crippen molar-refractivity contribution in [1.29, 1.82) is 0 Å². The number of ether oxygens (including phenoxy) is 2. The second-order valence-electron chi connectivity index (χ2n) is 5.44. The SMILES string of the molecule is CCOC(=O)CCC(=O)c1cc(Oc2ccc(C)cc2)cc(Br)c1O. The van der Waals surface area contributed by atoms with Crippen LogP contribution >= 0.6 is 15.9 Å². The van der Waals surface area contributed by atoms with Crippen molar-refractivity contribution in [3.8, 4) is 17.2 Å². The third-order valence-electron chi connectivity index (χ3n) is 3.46. The molecule has 0 aliphatic carbocycles. The molecule has 2 rings (SSSR count). The van der Waals surface area contributed by atoms with Crippen LogP contribution in [0.15, 0.2) is 40.9 Å². The number of benzene rings is 2. The van der Waals surface area contributed by atoms with Crippen LogP contribution in [0.3, 0.4) is 0 Å². The Morgan fingerprint density at radius 3 is 2.40 bits per heavy atom. The normalized spacial score (nSPS) is 10.4. The van der Waals surface area contributed by atoms with Gasteiger partial charge in [0.05, 0.1) is 23.1 Å². The molecule has 0 saturated carbocycles. The van der Waals surface area contributed by atoms with Gasteiger partial charge in [-0.25, -0.2) is 0 Å². The largest absolute Gasteiger partial charge is 0.506 e. The molecule has 0 atom stereocenters. The fourth-order valence-electron chi connectivity index (χ4n) is 2.17. The van der Waals surface area contributed by atoms with E-state index in [1.807, 2.05) is 31.2 Å². The van der Waals surface area contributed by atoms with E-state index in [1.165, 1.54) is 6.07 Å². The summed E-state index contributed by atoms with van der Waals surface area (Å²) in [7, 11) is 0. The average molecular weight is 407 g/mol. The van der Waals surface area contributed by atoms with Crippen LogP contribution in [-0.2, 0) is 9.53 Å². The van der Waals surface area contributed by atoms with Gasteiger partial charge in [-0.1, -0.05) is 17.7 Å². The summed E-state index contributed by atoms with van der Waals surface area (Å²) in [5.74, 6) is 0.0494. The number of halogens is 1. The smallest absolute Gasteiger partial charge is 0.306 e. The molecule has 0 bridgehead atoms. The molecule has 5 nitrogen and oxygen atoms in total. The lowest BCUT2D eigenvalue weighted by Crippen LogP contribution is -2.08. The van der Waals surface area contributed by atoms with Crippen LogP contribution in [0, 0.1) is 6.92 Å². The molecule has 0 heterocycles. The van der Waals surface area contributed by atoms with Gasteiger partial charge in [0, 0.05) is 6.42 Å². The van der Waals surface area contributed by atoms with Gasteiger partial charge in [-0.3, -0.25) is 9.59 Å². The van der Waals surface area contributed by atoms with Crippen molar-refractivity contribution in [1.82, 2.24) is 0 Å². The molecule has 0 fully saturated rings. The number of rotatable bonds is 7. The highest BCUT2D eigenvalue weighted by Crippen LogP contribution is 2.35. The van der Waals surface area contributed by atoms with Gasteiger partial charge in [0.15, 0.2) is 5.78 Å². The summed E-state index contributed by atoms with van der Waals surface area (Å²) in [6.07, 6.45) is -0.0837. The van der Waals surface area contributed by atoms with Crippen molar-refractivity contribution in [2.75, 3.05) is 6.61 Å². The van der Waals surface area contributed by atoms with E-state index < -0.39 is 5.97 Å². The Labute approximate surface area is 154 Å². The number of phenols is 1. The van der Waals surface area contributed by atoms with Crippen LogP contribution in [0.1, 0.15) is 35.7 Å². The number of hydrogen-bond acceptors (Lipinski definition) is 5.